The zero-order valence-electron chi connectivity index (χ0n) is 5.15. The van der Waals surface area contributed by atoms with Gasteiger partial charge in [0.05, 0.1) is 5.49 Å². The van der Waals surface area contributed by atoms with E-state index in [1.54, 1.807) is 17.4 Å². The van der Waals surface area contributed by atoms with Crippen molar-refractivity contribution in [2.75, 3.05) is 13.6 Å². The molecule has 0 bridgehead atoms. The summed E-state index contributed by atoms with van der Waals surface area (Å²) in [4.78, 5) is 0. The normalized spacial score (nSPS) is 18.3. The Bertz CT molecular complexity index is 127. The van der Waals surface area contributed by atoms with Crippen LogP contribution in [0.4, 0.5) is 0 Å². The fourth-order valence-electron chi connectivity index (χ4n) is 0.545. The van der Waals surface area contributed by atoms with E-state index in [1.165, 1.54) is 0 Å². The molecule has 1 aliphatic rings. The third-order valence-corrected chi connectivity index (χ3v) is 2.31. The summed E-state index contributed by atoms with van der Waals surface area (Å²) in [6, 6.07) is 0. The van der Waals surface area contributed by atoms with Crippen LogP contribution in [0.3, 0.4) is 0 Å². The molecule has 0 fully saturated rings. The Morgan fingerprint density at radius 1 is 1.89 bits per heavy atom. The Morgan fingerprint density at radius 3 is 3.11 bits per heavy atom. The summed E-state index contributed by atoms with van der Waals surface area (Å²) in [5.74, 6) is 0. The summed E-state index contributed by atoms with van der Waals surface area (Å²) < 4.78 is 2.06. The number of nitrogens with zero attached hydrogens (tertiary/aromatic N) is 2. The molecular formula is C5H8N2S2. The number of rotatable bonds is 2. The predicted molar refractivity (Wildman–Crippen MR) is 44.9 cm³/mol. The highest BCUT2D eigenvalue weighted by molar-refractivity contribution is 8.00. The van der Waals surface area contributed by atoms with Gasteiger partial charge < -0.3 is 0 Å². The van der Waals surface area contributed by atoms with Crippen molar-refractivity contribution < 1.29 is 0 Å². The molecule has 2 nitrogen and oxygen atoms in total. The van der Waals surface area contributed by atoms with Crippen LogP contribution in [0.2, 0.25) is 0 Å². The topological polar surface area (TPSA) is 6.48 Å². The zero-order chi connectivity index (χ0) is 6.69. The molecule has 1 aliphatic heterocycles. The van der Waals surface area contributed by atoms with Gasteiger partial charge in [-0.2, -0.15) is 4.41 Å². The first-order chi connectivity index (χ1) is 4.34. The number of hydrogen-bond donors (Lipinski definition) is 0. The largest absolute Gasteiger partial charge is 0.295 e. The molecule has 0 aromatic heterocycles. The van der Waals surface area contributed by atoms with Gasteiger partial charge in [0.15, 0.2) is 0 Å². The van der Waals surface area contributed by atoms with Crippen LogP contribution >= 0.6 is 24.2 Å². The van der Waals surface area contributed by atoms with Gasteiger partial charge in [-0.05, 0) is 17.4 Å². The van der Waals surface area contributed by atoms with Crippen LogP contribution < -0.4 is 0 Å². The minimum Gasteiger partial charge on any atom is -0.295 e. The molecular weight excluding hydrogens is 152 g/mol. The smallest absolute Gasteiger partial charge is 0.0796 e. The van der Waals surface area contributed by atoms with Crippen molar-refractivity contribution in [3.8, 4) is 0 Å². The van der Waals surface area contributed by atoms with Gasteiger partial charge in [-0.3, -0.25) is 5.01 Å². The number of hydrazine groups is 1. The van der Waals surface area contributed by atoms with Crippen molar-refractivity contribution in [2.45, 2.75) is 0 Å². The van der Waals surface area contributed by atoms with Crippen LogP contribution in [0.5, 0.6) is 0 Å². The van der Waals surface area contributed by atoms with Gasteiger partial charge in [-0.15, -0.1) is 0 Å². The van der Waals surface area contributed by atoms with Crippen LogP contribution in [0.25, 0.3) is 0 Å². The Balaban J connectivity index is 2.35. The molecule has 0 aromatic carbocycles. The Morgan fingerprint density at radius 2 is 2.67 bits per heavy atom. The summed E-state index contributed by atoms with van der Waals surface area (Å²) in [5, 5.41) is 3.94. The highest BCUT2D eigenvalue weighted by Crippen LogP contribution is 2.18. The van der Waals surface area contributed by atoms with E-state index in [9.17, 15) is 0 Å². The summed E-state index contributed by atoms with van der Waals surface area (Å²) in [7, 11) is 1.94. The van der Waals surface area contributed by atoms with Crippen molar-refractivity contribution >= 4 is 29.7 Å². The van der Waals surface area contributed by atoms with Gasteiger partial charge >= 0.3 is 0 Å². The maximum atomic E-state index is 4.73. The van der Waals surface area contributed by atoms with E-state index in [0.29, 0.717) is 0 Å². The van der Waals surface area contributed by atoms with Crippen molar-refractivity contribution in [1.29, 1.82) is 0 Å². The van der Waals surface area contributed by atoms with E-state index in [0.717, 1.165) is 6.54 Å². The van der Waals surface area contributed by atoms with Gasteiger partial charge in [0.25, 0.3) is 0 Å². The lowest BCUT2D eigenvalue weighted by Gasteiger charge is -2.22. The van der Waals surface area contributed by atoms with E-state index in [1.807, 2.05) is 12.1 Å². The highest BCUT2D eigenvalue weighted by Gasteiger charge is 2.08. The van der Waals surface area contributed by atoms with Crippen molar-refractivity contribution in [3.05, 3.63) is 11.5 Å². The van der Waals surface area contributed by atoms with Gasteiger partial charge in [-0.25, -0.2) is 0 Å². The second-order valence-corrected chi connectivity index (χ2v) is 2.81. The summed E-state index contributed by atoms with van der Waals surface area (Å²) in [6.45, 7) is 0.953. The Kier molecular flexibility index (Phi) is 2.50. The molecule has 0 spiro atoms. The molecule has 0 amide bonds. The molecule has 1 heterocycles. The van der Waals surface area contributed by atoms with E-state index in [2.05, 4.69) is 15.9 Å². The second kappa shape index (κ2) is 3.20. The standard InChI is InChI=1S/C5H8N2S2/c1-6(5-8)7-3-2-4-9-7/h2,4-5H,3H2,1H3. The fourth-order valence-corrected chi connectivity index (χ4v) is 1.40. The first kappa shape index (κ1) is 7.05. The van der Waals surface area contributed by atoms with E-state index >= 15 is 0 Å². The van der Waals surface area contributed by atoms with E-state index < -0.39 is 0 Å². The molecule has 0 aliphatic carbocycles. The average Bonchev–Trinajstić information content (AvgIpc) is 2.37. The lowest BCUT2D eigenvalue weighted by molar-refractivity contribution is 0.240. The lowest BCUT2D eigenvalue weighted by atomic mass is 10.7. The van der Waals surface area contributed by atoms with Crippen LogP contribution in [0.1, 0.15) is 0 Å². The second-order valence-electron chi connectivity index (χ2n) is 1.69. The molecule has 0 unspecified atom stereocenters. The molecule has 0 saturated carbocycles. The monoisotopic (exact) mass is 160 g/mol. The lowest BCUT2D eigenvalue weighted by Crippen LogP contribution is -2.30. The Labute approximate surface area is 64.6 Å². The molecule has 50 valence electrons. The highest BCUT2D eigenvalue weighted by atomic mass is 32.2. The van der Waals surface area contributed by atoms with E-state index in [4.69, 9.17) is 12.2 Å². The summed E-state index contributed by atoms with van der Waals surface area (Å²) in [5.41, 5.74) is 1.62. The van der Waals surface area contributed by atoms with Gasteiger partial charge in [0, 0.05) is 13.6 Å². The van der Waals surface area contributed by atoms with Crippen LogP contribution in [-0.4, -0.2) is 28.5 Å². The van der Waals surface area contributed by atoms with Gasteiger partial charge in [0.2, 0.25) is 0 Å². The number of thiocarbonyl (C=S) groups is 1. The maximum absolute atomic E-state index is 4.73. The fraction of sp³-hybridized carbons (Fsp3) is 0.400. The average molecular weight is 160 g/mol. The first-order valence-electron chi connectivity index (χ1n) is 2.62. The SMILES string of the molecule is CN(C=S)N1CC=CS1. The molecule has 0 aromatic rings. The minimum absolute atomic E-state index is 0.953. The van der Waals surface area contributed by atoms with Crippen LogP contribution in [0, 0.1) is 0 Å². The molecule has 9 heavy (non-hydrogen) atoms. The molecule has 0 atom stereocenters. The molecule has 0 N–H and O–H groups in total. The van der Waals surface area contributed by atoms with Crippen molar-refractivity contribution in [2.24, 2.45) is 0 Å². The molecule has 0 radical (unpaired) electrons. The van der Waals surface area contributed by atoms with Crippen LogP contribution in [0.15, 0.2) is 11.5 Å². The summed E-state index contributed by atoms with van der Waals surface area (Å²) in [6.07, 6.45) is 2.10. The summed E-state index contributed by atoms with van der Waals surface area (Å²) >= 11 is 6.39. The predicted octanol–water partition coefficient (Wildman–Crippen LogP) is 1.27. The third kappa shape index (κ3) is 1.67. The molecule has 1 rings (SSSR count). The number of hydrogen-bond acceptors (Lipinski definition) is 3. The van der Waals surface area contributed by atoms with Gasteiger partial charge in [0.1, 0.15) is 0 Å². The van der Waals surface area contributed by atoms with Crippen molar-refractivity contribution in [1.82, 2.24) is 9.42 Å². The maximum Gasteiger partial charge on any atom is 0.0796 e. The molecule has 4 heteroatoms. The van der Waals surface area contributed by atoms with Gasteiger partial charge in [-0.1, -0.05) is 18.3 Å². The Hall–Kier alpha value is -0.0600. The quantitative estimate of drug-likeness (QED) is 0.443. The first-order valence-corrected chi connectivity index (χ1v) is 3.93. The zero-order valence-corrected chi connectivity index (χ0v) is 6.78. The molecule has 0 saturated heterocycles. The van der Waals surface area contributed by atoms with E-state index in [-0.39, 0.29) is 0 Å². The minimum atomic E-state index is 0.953. The van der Waals surface area contributed by atoms with Crippen molar-refractivity contribution in [3.63, 3.8) is 0 Å². The van der Waals surface area contributed by atoms with Crippen LogP contribution in [-0.2, 0) is 0 Å². The third-order valence-electron chi connectivity index (χ3n) is 1.04.